The third-order valence-corrected chi connectivity index (χ3v) is 6.01. The normalized spacial score (nSPS) is 23.4. The van der Waals surface area contributed by atoms with E-state index in [-0.39, 0.29) is 29.9 Å². The number of hydrogen-bond acceptors (Lipinski definition) is 3. The Kier molecular flexibility index (Phi) is 4.96. The van der Waals surface area contributed by atoms with Crippen LogP contribution in [0.3, 0.4) is 0 Å². The van der Waals surface area contributed by atoms with E-state index in [0.29, 0.717) is 28.2 Å². The molecule has 3 atom stereocenters. The SMILES string of the molecule is Cl.O=C(c1c[nH]c(=O)c2ccccc12)N1C[C@@H]2CNC[C@@H]2[C@H]1c1ccccc1. The van der Waals surface area contributed by atoms with E-state index in [1.807, 2.05) is 41.3 Å². The number of aromatic nitrogens is 1. The number of rotatable bonds is 2. The zero-order chi connectivity index (χ0) is 18.4. The number of carbonyl (C=O) groups excluding carboxylic acids is 1. The van der Waals surface area contributed by atoms with E-state index in [4.69, 9.17) is 0 Å². The lowest BCUT2D eigenvalue weighted by molar-refractivity contribution is 0.0715. The van der Waals surface area contributed by atoms with Gasteiger partial charge in [-0.15, -0.1) is 12.4 Å². The summed E-state index contributed by atoms with van der Waals surface area (Å²) in [6.45, 7) is 2.62. The lowest BCUT2D eigenvalue weighted by Gasteiger charge is -2.29. The molecule has 144 valence electrons. The van der Waals surface area contributed by atoms with Crippen molar-refractivity contribution in [2.45, 2.75) is 6.04 Å². The molecule has 5 rings (SSSR count). The molecule has 6 heteroatoms. The quantitative estimate of drug-likeness (QED) is 0.701. The number of H-pyrrole nitrogens is 1. The van der Waals surface area contributed by atoms with Gasteiger partial charge < -0.3 is 15.2 Å². The number of aromatic amines is 1. The van der Waals surface area contributed by atoms with Crippen LogP contribution in [0.1, 0.15) is 22.0 Å². The maximum absolute atomic E-state index is 13.6. The number of pyridine rings is 1. The average Bonchev–Trinajstić information content (AvgIpc) is 3.30. The highest BCUT2D eigenvalue weighted by molar-refractivity contribution is 6.06. The largest absolute Gasteiger partial charge is 0.331 e. The van der Waals surface area contributed by atoms with Crippen LogP contribution in [0.25, 0.3) is 10.8 Å². The number of likely N-dealkylation sites (tertiary alicyclic amines) is 1. The second-order valence-electron chi connectivity index (χ2n) is 7.47. The van der Waals surface area contributed by atoms with Crippen LogP contribution in [-0.2, 0) is 0 Å². The van der Waals surface area contributed by atoms with Gasteiger partial charge in [-0.05, 0) is 17.5 Å². The van der Waals surface area contributed by atoms with Crippen molar-refractivity contribution in [1.29, 1.82) is 0 Å². The molecule has 5 nitrogen and oxygen atoms in total. The zero-order valence-corrected chi connectivity index (χ0v) is 16.1. The van der Waals surface area contributed by atoms with Crippen LogP contribution in [0.15, 0.2) is 65.6 Å². The van der Waals surface area contributed by atoms with Gasteiger partial charge in [0.15, 0.2) is 0 Å². The molecule has 0 radical (unpaired) electrons. The fraction of sp³-hybridized carbons (Fsp3) is 0.273. The van der Waals surface area contributed by atoms with E-state index < -0.39 is 0 Å². The summed E-state index contributed by atoms with van der Waals surface area (Å²) in [4.78, 5) is 30.4. The molecule has 3 heterocycles. The van der Waals surface area contributed by atoms with E-state index in [1.54, 1.807) is 12.3 Å². The minimum atomic E-state index is -0.163. The molecule has 2 saturated heterocycles. The predicted molar refractivity (Wildman–Crippen MR) is 112 cm³/mol. The Morgan fingerprint density at radius 2 is 1.68 bits per heavy atom. The molecule has 2 N–H and O–H groups in total. The molecule has 1 amide bonds. The Morgan fingerprint density at radius 1 is 0.964 bits per heavy atom. The summed E-state index contributed by atoms with van der Waals surface area (Å²) in [6, 6.07) is 17.7. The number of nitrogens with one attached hydrogen (secondary N) is 2. The number of halogens is 1. The van der Waals surface area contributed by atoms with Crippen LogP contribution < -0.4 is 10.9 Å². The van der Waals surface area contributed by atoms with E-state index in [0.717, 1.165) is 19.6 Å². The highest BCUT2D eigenvalue weighted by atomic mass is 35.5. The Hall–Kier alpha value is -2.63. The summed E-state index contributed by atoms with van der Waals surface area (Å²) in [5.74, 6) is 0.879. The first-order valence-corrected chi connectivity index (χ1v) is 9.41. The number of hydrogen-bond donors (Lipinski definition) is 2. The van der Waals surface area contributed by atoms with Crippen LogP contribution in [0, 0.1) is 11.8 Å². The monoisotopic (exact) mass is 395 g/mol. The lowest BCUT2D eigenvalue weighted by Crippen LogP contribution is -2.35. The topological polar surface area (TPSA) is 65.2 Å². The number of amides is 1. The minimum absolute atomic E-state index is 0. The van der Waals surface area contributed by atoms with Crippen molar-refractivity contribution in [3.05, 3.63) is 82.3 Å². The summed E-state index contributed by atoms with van der Waals surface area (Å²) >= 11 is 0. The van der Waals surface area contributed by atoms with Crippen molar-refractivity contribution in [3.63, 3.8) is 0 Å². The number of nitrogens with zero attached hydrogens (tertiary/aromatic N) is 1. The van der Waals surface area contributed by atoms with Gasteiger partial charge in [0.25, 0.3) is 11.5 Å². The summed E-state index contributed by atoms with van der Waals surface area (Å²) in [5.41, 5.74) is 1.58. The molecule has 2 aliphatic heterocycles. The molecule has 3 aromatic rings. The van der Waals surface area contributed by atoms with Gasteiger partial charge in [-0.3, -0.25) is 9.59 Å². The van der Waals surface area contributed by atoms with Crippen LogP contribution >= 0.6 is 12.4 Å². The third kappa shape index (κ3) is 2.91. The first-order chi connectivity index (χ1) is 13.2. The summed E-state index contributed by atoms with van der Waals surface area (Å²) in [6.07, 6.45) is 1.57. The molecule has 0 spiro atoms. The molecule has 2 fully saturated rings. The first kappa shape index (κ1) is 18.7. The van der Waals surface area contributed by atoms with Gasteiger partial charge in [0.1, 0.15) is 0 Å². The van der Waals surface area contributed by atoms with Crippen LogP contribution in [0.2, 0.25) is 0 Å². The summed E-state index contributed by atoms with van der Waals surface area (Å²) in [5, 5.41) is 4.75. The Balaban J connectivity index is 0.00000192. The third-order valence-electron chi connectivity index (χ3n) is 6.01. The molecular weight excluding hydrogens is 374 g/mol. The first-order valence-electron chi connectivity index (χ1n) is 9.41. The molecule has 1 aromatic heterocycles. The molecule has 28 heavy (non-hydrogen) atoms. The fourth-order valence-corrected chi connectivity index (χ4v) is 4.75. The van der Waals surface area contributed by atoms with Gasteiger partial charge in [0.05, 0.1) is 11.6 Å². The molecule has 0 unspecified atom stereocenters. The Bertz CT molecular complexity index is 1070. The van der Waals surface area contributed by atoms with Gasteiger partial charge in [-0.25, -0.2) is 0 Å². The van der Waals surface area contributed by atoms with Crippen molar-refractivity contribution in [3.8, 4) is 0 Å². The van der Waals surface area contributed by atoms with Crippen LogP contribution in [-0.4, -0.2) is 35.4 Å². The minimum Gasteiger partial charge on any atom is -0.331 e. The predicted octanol–water partition coefficient (Wildman–Crippen LogP) is 2.98. The zero-order valence-electron chi connectivity index (χ0n) is 15.3. The molecule has 2 aromatic carbocycles. The van der Waals surface area contributed by atoms with Gasteiger partial charge in [0.2, 0.25) is 0 Å². The molecule has 0 aliphatic carbocycles. The average molecular weight is 396 g/mol. The van der Waals surface area contributed by atoms with E-state index >= 15 is 0 Å². The van der Waals surface area contributed by atoms with Crippen molar-refractivity contribution < 1.29 is 4.79 Å². The van der Waals surface area contributed by atoms with Crippen molar-refractivity contribution in [2.24, 2.45) is 11.8 Å². The highest BCUT2D eigenvalue weighted by Crippen LogP contribution is 2.43. The number of benzene rings is 2. The van der Waals surface area contributed by atoms with E-state index in [2.05, 4.69) is 22.4 Å². The molecular formula is C22H22ClN3O2. The highest BCUT2D eigenvalue weighted by Gasteiger charge is 2.47. The van der Waals surface area contributed by atoms with Crippen molar-refractivity contribution in [2.75, 3.05) is 19.6 Å². The summed E-state index contributed by atoms with van der Waals surface area (Å²) < 4.78 is 0. The van der Waals surface area contributed by atoms with Gasteiger partial charge in [-0.2, -0.15) is 0 Å². The smallest absolute Gasteiger partial charge is 0.256 e. The lowest BCUT2D eigenvalue weighted by atomic mass is 9.89. The van der Waals surface area contributed by atoms with Crippen molar-refractivity contribution >= 4 is 29.1 Å². The molecule has 0 saturated carbocycles. The maximum atomic E-state index is 13.6. The standard InChI is InChI=1S/C22H21N3O2.ClH/c26-21-17-9-5-4-8-16(17)19(12-24-21)22(27)25-13-15-10-23-11-18(15)20(25)14-6-2-1-3-7-14;/h1-9,12,15,18,20,23H,10-11,13H2,(H,24,26);1H/t15-,18-,20+;/m0./s1. The molecule has 0 bridgehead atoms. The second kappa shape index (κ2) is 7.41. The number of fused-ring (bicyclic) bond motifs is 2. The van der Waals surface area contributed by atoms with E-state index in [9.17, 15) is 9.59 Å². The van der Waals surface area contributed by atoms with E-state index in [1.165, 1.54) is 5.56 Å². The van der Waals surface area contributed by atoms with Gasteiger partial charge in [-0.1, -0.05) is 48.5 Å². The summed E-state index contributed by atoms with van der Waals surface area (Å²) in [7, 11) is 0. The van der Waals surface area contributed by atoms with Crippen molar-refractivity contribution in [1.82, 2.24) is 15.2 Å². The Labute approximate surface area is 169 Å². The maximum Gasteiger partial charge on any atom is 0.256 e. The number of carbonyl (C=O) groups is 1. The van der Waals surface area contributed by atoms with Crippen LogP contribution in [0.5, 0.6) is 0 Å². The van der Waals surface area contributed by atoms with Gasteiger partial charge >= 0.3 is 0 Å². The fourth-order valence-electron chi connectivity index (χ4n) is 4.75. The van der Waals surface area contributed by atoms with Gasteiger partial charge in [0, 0.05) is 42.5 Å². The van der Waals surface area contributed by atoms with Crippen LogP contribution in [0.4, 0.5) is 0 Å². The second-order valence-corrected chi connectivity index (χ2v) is 7.47. The molecule has 2 aliphatic rings. The Morgan fingerprint density at radius 3 is 2.46 bits per heavy atom.